The molecule has 2 aromatic heterocycles. The molecule has 0 radical (unpaired) electrons. The number of likely N-dealkylation sites (tertiary alicyclic amines) is 2. The van der Waals surface area contributed by atoms with Crippen LogP contribution in [0.2, 0.25) is 0 Å². The minimum Gasteiger partial charge on any atom is -0.465 e. The van der Waals surface area contributed by atoms with Crippen molar-refractivity contribution in [2.75, 3.05) is 31.5 Å². The summed E-state index contributed by atoms with van der Waals surface area (Å²) < 4.78 is 5.68. The average molecular weight is 513 g/mol. The molecule has 1 atom stereocenters. The van der Waals surface area contributed by atoms with Crippen LogP contribution in [-0.4, -0.2) is 75.7 Å². The highest BCUT2D eigenvalue weighted by Gasteiger charge is 2.54. The van der Waals surface area contributed by atoms with Gasteiger partial charge < -0.3 is 14.7 Å². The van der Waals surface area contributed by atoms with E-state index in [4.69, 9.17) is 4.74 Å². The van der Waals surface area contributed by atoms with Crippen molar-refractivity contribution in [3.8, 4) is 10.4 Å². The second-order valence-electron chi connectivity index (χ2n) is 10.7. The van der Waals surface area contributed by atoms with Crippen molar-refractivity contribution in [2.45, 2.75) is 57.6 Å². The maximum atomic E-state index is 13.5. The number of nitrogens with zero attached hydrogens (tertiary/aromatic N) is 3. The number of amides is 2. The molecule has 0 bridgehead atoms. The summed E-state index contributed by atoms with van der Waals surface area (Å²) in [4.78, 5) is 46.7. The number of pyridine rings is 1. The van der Waals surface area contributed by atoms with Gasteiger partial charge in [0.1, 0.15) is 10.6 Å². The third kappa shape index (κ3) is 4.84. The number of thiophene rings is 1. The Morgan fingerprint density at radius 2 is 1.92 bits per heavy atom. The minimum absolute atomic E-state index is 0.0641. The second-order valence-corrected chi connectivity index (χ2v) is 11.8. The van der Waals surface area contributed by atoms with Gasteiger partial charge in [-0.25, -0.2) is 4.79 Å². The number of piperidine rings is 2. The van der Waals surface area contributed by atoms with Crippen LogP contribution in [0.1, 0.15) is 56.3 Å². The highest BCUT2D eigenvalue weighted by atomic mass is 32.1. The SMILES string of the molecule is CC1(C)CC2(CCCN(C3CCN(C(=O)c4cc(-c5ccncc5)sc4NC(=O)O)CC3)C2)C(=O)O1. The zero-order valence-corrected chi connectivity index (χ0v) is 21.5. The molecule has 2 aromatic rings. The fraction of sp³-hybridized carbons (Fsp3) is 0.538. The van der Waals surface area contributed by atoms with Crippen molar-refractivity contribution in [1.82, 2.24) is 14.8 Å². The van der Waals surface area contributed by atoms with Gasteiger partial charge in [-0.2, -0.15) is 0 Å². The van der Waals surface area contributed by atoms with Gasteiger partial charge in [-0.05, 0) is 69.8 Å². The van der Waals surface area contributed by atoms with Crippen LogP contribution in [0.3, 0.4) is 0 Å². The molecule has 0 aliphatic carbocycles. The van der Waals surface area contributed by atoms with E-state index in [1.807, 2.05) is 30.9 Å². The quantitative estimate of drug-likeness (QED) is 0.587. The fourth-order valence-electron chi connectivity index (χ4n) is 6.08. The molecule has 192 valence electrons. The summed E-state index contributed by atoms with van der Waals surface area (Å²) in [6.07, 6.45) is 6.39. The topological polar surface area (TPSA) is 112 Å². The summed E-state index contributed by atoms with van der Waals surface area (Å²) in [7, 11) is 0. The number of carbonyl (C=O) groups excluding carboxylic acids is 2. The zero-order chi connectivity index (χ0) is 25.5. The highest BCUT2D eigenvalue weighted by molar-refractivity contribution is 7.20. The van der Waals surface area contributed by atoms with E-state index in [-0.39, 0.29) is 11.9 Å². The van der Waals surface area contributed by atoms with E-state index in [1.54, 1.807) is 18.5 Å². The van der Waals surface area contributed by atoms with E-state index < -0.39 is 17.1 Å². The molecule has 5 heterocycles. The smallest absolute Gasteiger partial charge is 0.409 e. The number of esters is 1. The van der Waals surface area contributed by atoms with Crippen molar-refractivity contribution < 1.29 is 24.2 Å². The van der Waals surface area contributed by atoms with Crippen LogP contribution in [0.25, 0.3) is 10.4 Å². The molecule has 0 saturated carbocycles. The molecule has 2 N–H and O–H groups in total. The van der Waals surface area contributed by atoms with Gasteiger partial charge in [0.25, 0.3) is 5.91 Å². The van der Waals surface area contributed by atoms with Crippen molar-refractivity contribution in [1.29, 1.82) is 0 Å². The van der Waals surface area contributed by atoms with Crippen LogP contribution < -0.4 is 5.32 Å². The summed E-state index contributed by atoms with van der Waals surface area (Å²) in [6, 6.07) is 5.75. The molecule has 36 heavy (non-hydrogen) atoms. The number of anilines is 1. The van der Waals surface area contributed by atoms with Crippen LogP contribution >= 0.6 is 11.3 Å². The molecular weight excluding hydrogens is 480 g/mol. The van der Waals surface area contributed by atoms with Crippen LogP contribution in [0.15, 0.2) is 30.6 Å². The molecule has 1 unspecified atom stereocenters. The number of nitrogens with one attached hydrogen (secondary N) is 1. The Hall–Kier alpha value is -2.98. The Bertz CT molecular complexity index is 1160. The molecule has 0 aromatic carbocycles. The lowest BCUT2D eigenvalue weighted by Gasteiger charge is -2.44. The standard InChI is InChI=1S/C26H32N4O5S/c1-25(2)15-26(23(32)35-25)8-3-11-30(16-26)18-6-12-29(13-7-18)22(31)19-14-20(17-4-9-27-10-5-17)36-21(19)28-24(33)34/h4-5,9-10,14,18,28H,3,6-8,11-13,15-16H2,1-2H3,(H,33,34). The predicted molar refractivity (Wildman–Crippen MR) is 136 cm³/mol. The average Bonchev–Trinajstić information content (AvgIpc) is 3.36. The molecule has 3 aliphatic rings. The van der Waals surface area contributed by atoms with E-state index in [9.17, 15) is 19.5 Å². The summed E-state index contributed by atoms with van der Waals surface area (Å²) >= 11 is 1.25. The normalized spacial score (nSPS) is 24.6. The lowest BCUT2D eigenvalue weighted by Crippen LogP contribution is -2.53. The van der Waals surface area contributed by atoms with E-state index in [0.29, 0.717) is 29.7 Å². The van der Waals surface area contributed by atoms with E-state index in [1.165, 1.54) is 11.3 Å². The molecule has 9 nitrogen and oxygen atoms in total. The first-order valence-corrected chi connectivity index (χ1v) is 13.3. The number of aromatic nitrogens is 1. The molecule has 5 rings (SSSR count). The Balaban J connectivity index is 1.26. The third-order valence-electron chi connectivity index (χ3n) is 7.59. The van der Waals surface area contributed by atoms with Crippen molar-refractivity contribution in [3.63, 3.8) is 0 Å². The Kier molecular flexibility index (Phi) is 6.50. The highest BCUT2D eigenvalue weighted by Crippen LogP contribution is 2.47. The first-order chi connectivity index (χ1) is 17.2. The van der Waals surface area contributed by atoms with E-state index in [0.717, 1.165) is 55.6 Å². The van der Waals surface area contributed by atoms with E-state index in [2.05, 4.69) is 15.2 Å². The second kappa shape index (κ2) is 9.48. The predicted octanol–water partition coefficient (Wildman–Crippen LogP) is 4.31. The number of hydrogen-bond donors (Lipinski definition) is 2. The largest absolute Gasteiger partial charge is 0.465 e. The van der Waals surface area contributed by atoms with Gasteiger partial charge in [0, 0.05) is 49.4 Å². The Morgan fingerprint density at radius 1 is 1.19 bits per heavy atom. The first kappa shape index (κ1) is 24.7. The summed E-state index contributed by atoms with van der Waals surface area (Å²) in [5, 5.41) is 12.0. The molecule has 10 heteroatoms. The Morgan fingerprint density at radius 3 is 2.56 bits per heavy atom. The number of cyclic esters (lactones) is 1. The van der Waals surface area contributed by atoms with Gasteiger partial charge in [0.15, 0.2) is 0 Å². The number of ether oxygens (including phenoxy) is 1. The number of hydrogen-bond acceptors (Lipinski definition) is 7. The monoisotopic (exact) mass is 512 g/mol. The zero-order valence-electron chi connectivity index (χ0n) is 20.7. The van der Waals surface area contributed by atoms with Crippen molar-refractivity contribution in [3.05, 3.63) is 36.2 Å². The Labute approximate surface area is 214 Å². The lowest BCUT2D eigenvalue weighted by molar-refractivity contribution is -0.154. The van der Waals surface area contributed by atoms with Gasteiger partial charge in [-0.3, -0.25) is 24.8 Å². The van der Waals surface area contributed by atoms with Crippen LogP contribution in [0.4, 0.5) is 9.80 Å². The summed E-state index contributed by atoms with van der Waals surface area (Å²) in [6.45, 7) is 6.84. The minimum atomic E-state index is -1.20. The number of rotatable bonds is 4. The third-order valence-corrected chi connectivity index (χ3v) is 8.69. The number of carbonyl (C=O) groups is 3. The van der Waals surface area contributed by atoms with Gasteiger partial charge in [0.2, 0.25) is 0 Å². The van der Waals surface area contributed by atoms with Gasteiger partial charge in [0.05, 0.1) is 11.0 Å². The molecule has 3 fully saturated rings. The van der Waals surface area contributed by atoms with Crippen LogP contribution in [0, 0.1) is 5.41 Å². The lowest BCUT2D eigenvalue weighted by atomic mass is 9.74. The maximum Gasteiger partial charge on any atom is 0.409 e. The maximum absolute atomic E-state index is 13.5. The summed E-state index contributed by atoms with van der Waals surface area (Å²) in [5.74, 6) is -0.226. The van der Waals surface area contributed by atoms with E-state index >= 15 is 0 Å². The van der Waals surface area contributed by atoms with Gasteiger partial charge in [-0.1, -0.05) is 0 Å². The molecular formula is C26H32N4O5S. The fourth-order valence-corrected chi connectivity index (χ4v) is 7.12. The molecule has 2 amide bonds. The molecule has 1 spiro atoms. The van der Waals surface area contributed by atoms with Crippen molar-refractivity contribution in [2.24, 2.45) is 5.41 Å². The molecule has 3 saturated heterocycles. The van der Waals surface area contributed by atoms with Gasteiger partial charge in [-0.15, -0.1) is 11.3 Å². The van der Waals surface area contributed by atoms with Crippen LogP contribution in [0.5, 0.6) is 0 Å². The van der Waals surface area contributed by atoms with Crippen molar-refractivity contribution >= 4 is 34.3 Å². The molecule has 3 aliphatic heterocycles. The first-order valence-electron chi connectivity index (χ1n) is 12.5. The van der Waals surface area contributed by atoms with Crippen LogP contribution in [-0.2, 0) is 9.53 Å². The summed E-state index contributed by atoms with van der Waals surface area (Å²) in [5.41, 5.74) is 0.439. The van der Waals surface area contributed by atoms with Gasteiger partial charge >= 0.3 is 12.1 Å². The number of carboxylic acid groups (broad SMARTS) is 1.